The molecule has 0 aromatic heterocycles. The number of nitrogens with zero attached hydrogens (tertiary/aromatic N) is 2. The molecule has 2 aliphatic heterocycles. The van der Waals surface area contributed by atoms with Crippen LogP contribution in [0.1, 0.15) is 36.4 Å². The molecule has 0 aliphatic carbocycles. The fourth-order valence-electron chi connectivity index (χ4n) is 3.52. The third-order valence-electron chi connectivity index (χ3n) is 4.82. The van der Waals surface area contributed by atoms with Crippen LogP contribution < -0.4 is 5.73 Å². The standard InChI is InChI=1S/C17H25N3O/c1-13-5-7-14(8-6-13)16(18)17(21)20-11-3-10-19-9-2-4-15(19)12-20/h5-8,15-16H,2-4,9-12,18H2,1H3. The van der Waals surface area contributed by atoms with Gasteiger partial charge in [-0.2, -0.15) is 0 Å². The highest BCUT2D eigenvalue weighted by atomic mass is 16.2. The molecule has 2 aliphatic rings. The SMILES string of the molecule is Cc1ccc(C(N)C(=O)N2CCCN3CCCC3C2)cc1. The fourth-order valence-corrected chi connectivity index (χ4v) is 3.52. The van der Waals surface area contributed by atoms with Crippen LogP contribution in [0.5, 0.6) is 0 Å². The molecule has 0 saturated carbocycles. The number of amides is 1. The lowest BCUT2D eigenvalue weighted by molar-refractivity contribution is -0.133. The first-order chi connectivity index (χ1) is 10.1. The number of aryl methyl sites for hydroxylation is 1. The molecule has 2 atom stereocenters. The topological polar surface area (TPSA) is 49.6 Å². The molecule has 4 heteroatoms. The first-order valence-electron chi connectivity index (χ1n) is 8.00. The van der Waals surface area contributed by atoms with E-state index in [2.05, 4.69) is 4.90 Å². The van der Waals surface area contributed by atoms with E-state index in [0.29, 0.717) is 6.04 Å². The fraction of sp³-hybridized carbons (Fsp3) is 0.588. The van der Waals surface area contributed by atoms with Gasteiger partial charge in [0.2, 0.25) is 5.91 Å². The summed E-state index contributed by atoms with van der Waals surface area (Å²) in [6.45, 7) is 6.04. The average molecular weight is 287 g/mol. The molecule has 0 bridgehead atoms. The molecule has 0 spiro atoms. The number of rotatable bonds is 2. The summed E-state index contributed by atoms with van der Waals surface area (Å²) in [5.41, 5.74) is 8.31. The number of carbonyl (C=O) groups is 1. The Morgan fingerprint density at radius 3 is 2.67 bits per heavy atom. The first kappa shape index (κ1) is 14.5. The summed E-state index contributed by atoms with van der Waals surface area (Å²) < 4.78 is 0. The molecule has 0 radical (unpaired) electrons. The highest BCUT2D eigenvalue weighted by Gasteiger charge is 2.32. The normalized spacial score (nSPS) is 24.5. The van der Waals surface area contributed by atoms with Gasteiger partial charge in [0, 0.05) is 25.7 Å². The van der Waals surface area contributed by atoms with Crippen LogP contribution in [-0.2, 0) is 4.79 Å². The summed E-state index contributed by atoms with van der Waals surface area (Å²) in [4.78, 5) is 17.2. The smallest absolute Gasteiger partial charge is 0.244 e. The van der Waals surface area contributed by atoms with E-state index in [4.69, 9.17) is 5.73 Å². The Balaban J connectivity index is 1.70. The van der Waals surface area contributed by atoms with Crippen molar-refractivity contribution in [2.45, 2.75) is 38.3 Å². The van der Waals surface area contributed by atoms with E-state index >= 15 is 0 Å². The van der Waals surface area contributed by atoms with E-state index in [1.165, 1.54) is 24.9 Å². The zero-order valence-electron chi connectivity index (χ0n) is 12.8. The summed E-state index contributed by atoms with van der Waals surface area (Å²) in [6.07, 6.45) is 3.53. The van der Waals surface area contributed by atoms with Crippen LogP contribution in [0.2, 0.25) is 0 Å². The van der Waals surface area contributed by atoms with Gasteiger partial charge in [-0.05, 0) is 38.3 Å². The highest BCUT2D eigenvalue weighted by Crippen LogP contribution is 2.23. The van der Waals surface area contributed by atoms with Crippen molar-refractivity contribution in [1.29, 1.82) is 0 Å². The van der Waals surface area contributed by atoms with Gasteiger partial charge in [-0.3, -0.25) is 9.69 Å². The highest BCUT2D eigenvalue weighted by molar-refractivity contribution is 5.83. The van der Waals surface area contributed by atoms with E-state index in [-0.39, 0.29) is 5.91 Å². The summed E-state index contributed by atoms with van der Waals surface area (Å²) in [5.74, 6) is 0.0765. The summed E-state index contributed by atoms with van der Waals surface area (Å²) >= 11 is 0. The number of hydrogen-bond donors (Lipinski definition) is 1. The van der Waals surface area contributed by atoms with Crippen molar-refractivity contribution < 1.29 is 4.79 Å². The van der Waals surface area contributed by atoms with Gasteiger partial charge in [0.1, 0.15) is 6.04 Å². The van der Waals surface area contributed by atoms with Crippen LogP contribution in [0.25, 0.3) is 0 Å². The summed E-state index contributed by atoms with van der Waals surface area (Å²) in [5, 5.41) is 0. The second-order valence-corrected chi connectivity index (χ2v) is 6.36. The minimum atomic E-state index is -0.529. The summed E-state index contributed by atoms with van der Waals surface area (Å²) in [6, 6.07) is 7.99. The third-order valence-corrected chi connectivity index (χ3v) is 4.82. The van der Waals surface area contributed by atoms with Crippen LogP contribution in [0.3, 0.4) is 0 Å². The lowest BCUT2D eigenvalue weighted by Crippen LogP contribution is -2.43. The second-order valence-electron chi connectivity index (χ2n) is 6.36. The van der Waals surface area contributed by atoms with E-state index in [1.54, 1.807) is 0 Å². The lowest BCUT2D eigenvalue weighted by atomic mass is 10.0. The van der Waals surface area contributed by atoms with Gasteiger partial charge in [-0.25, -0.2) is 0 Å². The van der Waals surface area contributed by atoms with Gasteiger partial charge in [0.15, 0.2) is 0 Å². The maximum Gasteiger partial charge on any atom is 0.244 e. The van der Waals surface area contributed by atoms with Crippen molar-refractivity contribution in [3.63, 3.8) is 0 Å². The van der Waals surface area contributed by atoms with Crippen LogP contribution in [0.15, 0.2) is 24.3 Å². The van der Waals surface area contributed by atoms with Gasteiger partial charge in [-0.15, -0.1) is 0 Å². The van der Waals surface area contributed by atoms with Gasteiger partial charge < -0.3 is 10.6 Å². The van der Waals surface area contributed by atoms with Crippen molar-refractivity contribution in [3.8, 4) is 0 Å². The van der Waals surface area contributed by atoms with Crippen molar-refractivity contribution >= 4 is 5.91 Å². The molecule has 4 nitrogen and oxygen atoms in total. The average Bonchev–Trinajstić information content (AvgIpc) is 2.83. The van der Waals surface area contributed by atoms with Crippen molar-refractivity contribution in [2.75, 3.05) is 26.2 Å². The van der Waals surface area contributed by atoms with Gasteiger partial charge in [-0.1, -0.05) is 29.8 Å². The summed E-state index contributed by atoms with van der Waals surface area (Å²) in [7, 11) is 0. The van der Waals surface area contributed by atoms with Gasteiger partial charge in [0.25, 0.3) is 0 Å². The van der Waals surface area contributed by atoms with Crippen molar-refractivity contribution in [2.24, 2.45) is 5.73 Å². The number of nitrogens with two attached hydrogens (primary N) is 1. The quantitative estimate of drug-likeness (QED) is 0.900. The predicted octanol–water partition coefficient (Wildman–Crippen LogP) is 1.69. The molecule has 1 amide bonds. The van der Waals surface area contributed by atoms with E-state index in [9.17, 15) is 4.79 Å². The molecule has 1 aromatic carbocycles. The van der Waals surface area contributed by atoms with Crippen molar-refractivity contribution in [3.05, 3.63) is 35.4 Å². The Hall–Kier alpha value is -1.39. The Morgan fingerprint density at radius 1 is 1.19 bits per heavy atom. The monoisotopic (exact) mass is 287 g/mol. The number of hydrogen-bond acceptors (Lipinski definition) is 3. The van der Waals surface area contributed by atoms with Gasteiger partial charge in [0.05, 0.1) is 0 Å². The molecular weight excluding hydrogens is 262 g/mol. The molecule has 2 fully saturated rings. The number of carbonyl (C=O) groups excluding carboxylic acids is 1. The van der Waals surface area contributed by atoms with E-state index in [1.807, 2.05) is 36.1 Å². The Morgan fingerprint density at radius 2 is 1.90 bits per heavy atom. The number of benzene rings is 1. The molecule has 21 heavy (non-hydrogen) atoms. The van der Waals surface area contributed by atoms with Crippen LogP contribution in [0, 0.1) is 6.92 Å². The third kappa shape index (κ3) is 3.11. The first-order valence-corrected chi connectivity index (χ1v) is 8.00. The van der Waals surface area contributed by atoms with Gasteiger partial charge >= 0.3 is 0 Å². The van der Waals surface area contributed by atoms with Crippen LogP contribution in [-0.4, -0.2) is 47.9 Å². The largest absolute Gasteiger partial charge is 0.339 e. The zero-order chi connectivity index (χ0) is 14.8. The van der Waals surface area contributed by atoms with Crippen LogP contribution in [0.4, 0.5) is 0 Å². The lowest BCUT2D eigenvalue weighted by Gasteiger charge is -2.28. The second kappa shape index (κ2) is 6.16. The maximum atomic E-state index is 12.7. The molecule has 2 unspecified atom stereocenters. The Bertz CT molecular complexity index is 499. The Labute approximate surface area is 126 Å². The predicted molar refractivity (Wildman–Crippen MR) is 83.9 cm³/mol. The van der Waals surface area contributed by atoms with E-state index < -0.39 is 6.04 Å². The molecule has 114 valence electrons. The molecule has 1 aromatic rings. The molecule has 2 N–H and O–H groups in total. The van der Waals surface area contributed by atoms with Crippen molar-refractivity contribution in [1.82, 2.24) is 9.80 Å². The zero-order valence-corrected chi connectivity index (χ0v) is 12.8. The minimum absolute atomic E-state index is 0.0765. The Kier molecular flexibility index (Phi) is 4.27. The van der Waals surface area contributed by atoms with Crippen LogP contribution >= 0.6 is 0 Å². The molecular formula is C17H25N3O. The number of fused-ring (bicyclic) bond motifs is 1. The molecule has 2 saturated heterocycles. The maximum absolute atomic E-state index is 12.7. The minimum Gasteiger partial charge on any atom is -0.339 e. The molecule has 2 heterocycles. The molecule has 3 rings (SSSR count). The van der Waals surface area contributed by atoms with E-state index in [0.717, 1.165) is 31.6 Å².